The zero-order valence-corrected chi connectivity index (χ0v) is 50.4. The van der Waals surface area contributed by atoms with E-state index >= 15 is 0 Å². The van der Waals surface area contributed by atoms with E-state index in [1.807, 2.05) is 39.8 Å². The molecule has 0 radical (unpaired) electrons. The number of anilines is 8. The topological polar surface area (TPSA) is 363 Å². The molecule has 0 aliphatic carbocycles. The van der Waals surface area contributed by atoms with Gasteiger partial charge in [0.15, 0.2) is 16.7 Å². The number of amides is 2. The lowest BCUT2D eigenvalue weighted by Gasteiger charge is -2.22. The monoisotopic (exact) mass is 1270 g/mol. The number of carbonyl (C=O) groups excluding carboxylic acids is 4. The van der Waals surface area contributed by atoms with Gasteiger partial charge in [-0.25, -0.2) is 18.7 Å². The van der Waals surface area contributed by atoms with Gasteiger partial charge in [0.2, 0.25) is 27.2 Å². The van der Waals surface area contributed by atoms with E-state index in [1.54, 1.807) is 24.3 Å². The Labute approximate surface area is 504 Å². The van der Waals surface area contributed by atoms with Crippen molar-refractivity contribution in [1.82, 2.24) is 24.9 Å². The van der Waals surface area contributed by atoms with Crippen molar-refractivity contribution in [2.75, 3.05) is 69.6 Å². The average molecular weight is 1270 g/mol. The molecule has 33 heteroatoms. The summed E-state index contributed by atoms with van der Waals surface area (Å²) in [6, 6.07) is 20.8. The zero-order chi connectivity index (χ0) is 62.7. The van der Waals surface area contributed by atoms with Gasteiger partial charge in [0.1, 0.15) is 23.0 Å². The number of aliphatic hydroxyl groups is 1. The highest BCUT2D eigenvalue weighted by Crippen LogP contribution is 2.38. The minimum atomic E-state index is -5.06. The summed E-state index contributed by atoms with van der Waals surface area (Å²) in [6.45, 7) is 12.7. The van der Waals surface area contributed by atoms with E-state index in [0.717, 1.165) is 65.7 Å². The Morgan fingerprint density at radius 2 is 1.14 bits per heavy atom. The Bertz CT molecular complexity index is 4000. The van der Waals surface area contributed by atoms with Crippen molar-refractivity contribution in [3.8, 4) is 0 Å². The summed E-state index contributed by atoms with van der Waals surface area (Å²) >= 11 is 2.79. The SMILES string of the molecule is CCN(CC)c1ccc(N=Nc2ncc(/C=C(\C(C)=O)C(=O)Nc3cccc(F)c3)s2)c(Nc2nc(Nc3cc(N(CC)CC)ccc3N=Nc3nc(S(=O)(=O)O)c(/C=C(/C(C)=O)C(=O)Nc4cccc(F)c4)s3)nc(SCCO)n2)c1.O=S(=O)=O. The zero-order valence-electron chi connectivity index (χ0n) is 46.3. The van der Waals surface area contributed by atoms with Crippen molar-refractivity contribution in [2.24, 2.45) is 20.5 Å². The Morgan fingerprint density at radius 3 is 1.58 bits per heavy atom. The minimum absolute atomic E-state index is 0.00989. The first-order chi connectivity index (χ1) is 41.0. The number of Topliss-reactive ketones (excluding diaryl/α,β-unsaturated/α-hetero) is 2. The number of aromatic nitrogens is 5. The van der Waals surface area contributed by atoms with E-state index in [0.29, 0.717) is 59.5 Å². The molecule has 3 aromatic heterocycles. The lowest BCUT2D eigenvalue weighted by molar-refractivity contribution is -0.120. The molecule has 7 rings (SSSR count). The van der Waals surface area contributed by atoms with E-state index in [-0.39, 0.29) is 67.2 Å². The number of thioether (sulfide) groups is 1. The van der Waals surface area contributed by atoms with Crippen LogP contribution in [-0.2, 0) is 39.9 Å². The number of azo groups is 2. The lowest BCUT2D eigenvalue weighted by Crippen LogP contribution is -2.21. The summed E-state index contributed by atoms with van der Waals surface area (Å²) in [6.07, 6.45) is 3.72. The van der Waals surface area contributed by atoms with Crippen molar-refractivity contribution < 1.29 is 58.7 Å². The second kappa shape index (κ2) is 31.2. The van der Waals surface area contributed by atoms with Gasteiger partial charge in [0.25, 0.3) is 11.8 Å². The van der Waals surface area contributed by atoms with Gasteiger partial charge in [-0.05, 0) is 126 Å². The van der Waals surface area contributed by atoms with Crippen molar-refractivity contribution in [3.63, 3.8) is 0 Å². The third-order valence-corrected chi connectivity index (χ3v) is 14.9. The van der Waals surface area contributed by atoms with Crippen LogP contribution in [0.4, 0.5) is 76.4 Å². The first-order valence-corrected chi connectivity index (χ1v) is 30.5. The number of halogens is 2. The van der Waals surface area contributed by atoms with Crippen LogP contribution in [0.2, 0.25) is 0 Å². The average Bonchev–Trinajstić information content (AvgIpc) is 4.30. The predicted octanol–water partition coefficient (Wildman–Crippen LogP) is 10.6. The number of nitrogens with zero attached hydrogens (tertiary/aromatic N) is 11. The molecule has 0 saturated heterocycles. The third kappa shape index (κ3) is 19.3. The molecular formula is C53H53F2N15O11S5. The highest BCUT2D eigenvalue weighted by atomic mass is 32.2. The smallest absolute Gasteiger partial charge is 0.396 e. The van der Waals surface area contributed by atoms with Gasteiger partial charge in [-0.15, -0.1) is 33.1 Å². The first kappa shape index (κ1) is 66.2. The fourth-order valence-corrected chi connectivity index (χ4v) is 10.6. The molecule has 0 aliphatic heterocycles. The normalized spacial score (nSPS) is 11.7. The van der Waals surface area contributed by atoms with Gasteiger partial charge >= 0.3 is 20.7 Å². The van der Waals surface area contributed by atoms with Crippen LogP contribution in [0.3, 0.4) is 0 Å². The van der Waals surface area contributed by atoms with Crippen molar-refractivity contribution >= 4 is 158 Å². The van der Waals surface area contributed by atoms with Crippen LogP contribution < -0.4 is 31.1 Å². The quantitative estimate of drug-likeness (QED) is 0.00732. The Morgan fingerprint density at radius 1 is 0.663 bits per heavy atom. The standard InChI is InChI=1S/C53H53F2N15O8S4.O3S/c1-7-69(8-2)36-17-19-41(65-67-51-56-29-38(80-51)27-39(30(5)72)46(74)57-34-15-11-13-32(54)23-34)43(25-36)59-49-62-50(64-52(63-49)79-22-21-71)60-44-26-37(70(9-3)10-4)18-20-42(44)66-68-53-61-48(82(76,77)78)45(81-53)28-40(31(6)73)47(75)58-35-16-12-14-33(55)24-35;1-4(2)3/h11-20,23-29,71H,7-10,21-22H2,1-6H3,(H,57,74)(H,58,75)(H,76,77,78)(H2,59,60,62,63,64);/b39-27+,40-28-,67-65?,68-66?;. The van der Waals surface area contributed by atoms with E-state index in [2.05, 4.69) is 71.5 Å². The second-order valence-electron chi connectivity index (χ2n) is 17.3. The highest BCUT2D eigenvalue weighted by Gasteiger charge is 2.25. The fourth-order valence-electron chi connectivity index (χ4n) is 7.57. The third-order valence-electron chi connectivity index (χ3n) is 11.5. The van der Waals surface area contributed by atoms with Crippen LogP contribution in [0.1, 0.15) is 51.3 Å². The number of thiazole rings is 2. The Kier molecular flexibility index (Phi) is 24.0. The Hall–Kier alpha value is -8.99. The molecule has 0 bridgehead atoms. The maximum Gasteiger partial charge on any atom is 0.425 e. The molecule has 6 N–H and O–H groups in total. The maximum absolute atomic E-state index is 13.9. The molecule has 3 heterocycles. The molecular weight excluding hydrogens is 1220 g/mol. The van der Waals surface area contributed by atoms with Gasteiger partial charge in [0, 0.05) is 60.9 Å². The van der Waals surface area contributed by atoms with E-state index in [4.69, 9.17) is 17.6 Å². The molecule has 4 aromatic carbocycles. The van der Waals surface area contributed by atoms with Crippen LogP contribution in [0.15, 0.2) is 133 Å². The predicted molar refractivity (Wildman–Crippen MR) is 324 cm³/mol. The summed E-state index contributed by atoms with van der Waals surface area (Å²) in [5.74, 6) is -3.98. The number of hydrogen-bond donors (Lipinski definition) is 6. The molecule has 0 aliphatic rings. The molecule has 0 spiro atoms. The minimum Gasteiger partial charge on any atom is -0.396 e. The summed E-state index contributed by atoms with van der Waals surface area (Å²) < 4.78 is 88.4. The van der Waals surface area contributed by atoms with Crippen LogP contribution >= 0.6 is 34.4 Å². The molecule has 0 atom stereocenters. The molecule has 0 saturated carbocycles. The van der Waals surface area contributed by atoms with Gasteiger partial charge < -0.3 is 36.2 Å². The van der Waals surface area contributed by atoms with Gasteiger partial charge in [-0.2, -0.15) is 23.4 Å². The molecule has 450 valence electrons. The number of ketones is 2. The molecule has 0 unspecified atom stereocenters. The number of nitrogens with one attached hydrogen (secondary N) is 4. The maximum atomic E-state index is 13.9. The van der Waals surface area contributed by atoms with E-state index in [1.165, 1.54) is 49.5 Å². The summed E-state index contributed by atoms with van der Waals surface area (Å²) in [4.78, 5) is 78.2. The lowest BCUT2D eigenvalue weighted by atomic mass is 10.1. The van der Waals surface area contributed by atoms with E-state index in [9.17, 15) is 46.0 Å². The van der Waals surface area contributed by atoms with Crippen LogP contribution in [0, 0.1) is 11.6 Å². The van der Waals surface area contributed by atoms with Gasteiger partial charge in [-0.1, -0.05) is 46.6 Å². The second-order valence-corrected chi connectivity index (χ2v) is 22.1. The summed E-state index contributed by atoms with van der Waals surface area (Å²) in [5, 5.41) is 37.9. The van der Waals surface area contributed by atoms with Crippen LogP contribution in [0.25, 0.3) is 12.2 Å². The molecule has 0 fully saturated rings. The summed E-state index contributed by atoms with van der Waals surface area (Å²) in [5.41, 5.74) is 2.28. The van der Waals surface area contributed by atoms with Crippen molar-refractivity contribution in [3.05, 3.63) is 124 Å². The van der Waals surface area contributed by atoms with Gasteiger partial charge in [-0.3, -0.25) is 23.7 Å². The number of aliphatic hydroxyl groups excluding tert-OH is 1. The molecule has 26 nitrogen and oxygen atoms in total. The van der Waals surface area contributed by atoms with Gasteiger partial charge in [0.05, 0.1) is 38.9 Å². The van der Waals surface area contributed by atoms with Crippen LogP contribution in [0.5, 0.6) is 0 Å². The number of rotatable bonds is 26. The first-order valence-electron chi connectivity index (χ1n) is 25.5. The molecule has 86 heavy (non-hydrogen) atoms. The molecule has 7 aromatic rings. The fraction of sp³-hybridized carbons (Fsp3) is 0.226. The van der Waals surface area contributed by atoms with Crippen molar-refractivity contribution in [1.29, 1.82) is 0 Å². The van der Waals surface area contributed by atoms with Crippen LogP contribution in [-0.4, -0.2) is 118 Å². The number of benzene rings is 4. The number of carbonyl (C=O) groups is 4. The Balaban J connectivity index is 0.00000286. The molecule has 2 amide bonds. The van der Waals surface area contributed by atoms with Crippen molar-refractivity contribution in [2.45, 2.75) is 51.7 Å². The number of hydrogen-bond acceptors (Lipinski definition) is 26. The largest absolute Gasteiger partial charge is 0.425 e. The highest BCUT2D eigenvalue weighted by molar-refractivity contribution is 7.99. The van der Waals surface area contributed by atoms with E-state index < -0.39 is 66.3 Å². The summed E-state index contributed by atoms with van der Waals surface area (Å²) in [7, 11) is -8.17.